The molecule has 3 N–H and O–H groups in total. The number of guanidine groups is 1. The first-order valence-electron chi connectivity index (χ1n) is 9.88. The van der Waals surface area contributed by atoms with Gasteiger partial charge in [-0.3, -0.25) is 4.79 Å². The van der Waals surface area contributed by atoms with E-state index in [0.717, 1.165) is 17.7 Å². The minimum Gasteiger partial charge on any atom is -0.493 e. The summed E-state index contributed by atoms with van der Waals surface area (Å²) < 4.78 is 11.0. The summed E-state index contributed by atoms with van der Waals surface area (Å²) in [6, 6.07) is 13.2. The summed E-state index contributed by atoms with van der Waals surface area (Å²) in [5.74, 6) is 1.62. The van der Waals surface area contributed by atoms with Crippen LogP contribution in [0.5, 0.6) is 11.5 Å². The first-order chi connectivity index (χ1) is 14.5. The lowest BCUT2D eigenvalue weighted by Crippen LogP contribution is -2.36. The van der Waals surface area contributed by atoms with Gasteiger partial charge in [0.05, 0.1) is 13.7 Å². The van der Waals surface area contributed by atoms with Crippen LogP contribution in [0.25, 0.3) is 0 Å². The summed E-state index contributed by atoms with van der Waals surface area (Å²) in [5, 5.41) is 9.92. The fraction of sp³-hybridized carbons (Fsp3) is 0.364. The van der Waals surface area contributed by atoms with Crippen molar-refractivity contribution in [3.05, 3.63) is 58.6 Å². The Bertz CT molecular complexity index is 858. The number of methoxy groups -OCH3 is 1. The van der Waals surface area contributed by atoms with Crippen LogP contribution in [0.3, 0.4) is 0 Å². The van der Waals surface area contributed by atoms with Gasteiger partial charge < -0.3 is 25.4 Å². The zero-order valence-corrected chi connectivity index (χ0v) is 18.4. The van der Waals surface area contributed by atoms with Crippen molar-refractivity contribution in [1.29, 1.82) is 0 Å². The Morgan fingerprint density at radius 3 is 2.50 bits per heavy atom. The van der Waals surface area contributed by atoms with E-state index in [1.165, 1.54) is 0 Å². The summed E-state index contributed by atoms with van der Waals surface area (Å²) in [5.41, 5.74) is 2.03. The van der Waals surface area contributed by atoms with E-state index in [4.69, 9.17) is 21.1 Å². The molecule has 0 unspecified atom stereocenters. The average Bonchev–Trinajstić information content (AvgIpc) is 2.74. The minimum absolute atomic E-state index is 0.0531. The van der Waals surface area contributed by atoms with E-state index in [0.29, 0.717) is 42.1 Å². The number of likely N-dealkylation sites (N-methyl/N-ethyl adjacent to an activating group) is 1. The van der Waals surface area contributed by atoms with Crippen molar-refractivity contribution >= 4 is 23.5 Å². The van der Waals surface area contributed by atoms with Gasteiger partial charge in [0.1, 0.15) is 0 Å². The molecule has 2 aromatic rings. The number of nitrogens with zero attached hydrogens (tertiary/aromatic N) is 1. The molecule has 2 aromatic carbocycles. The highest BCUT2D eigenvalue weighted by molar-refractivity contribution is 6.30. The number of rotatable bonds is 10. The smallest absolute Gasteiger partial charge is 0.257 e. The van der Waals surface area contributed by atoms with Crippen LogP contribution in [0.2, 0.25) is 5.02 Å². The van der Waals surface area contributed by atoms with Crippen LogP contribution in [0.15, 0.2) is 47.5 Å². The molecule has 0 bridgehead atoms. The van der Waals surface area contributed by atoms with Gasteiger partial charge in [-0.15, -0.1) is 0 Å². The molecule has 0 radical (unpaired) electrons. The van der Waals surface area contributed by atoms with Crippen LogP contribution in [-0.2, 0) is 17.9 Å². The van der Waals surface area contributed by atoms with E-state index in [1.807, 2.05) is 50.2 Å². The van der Waals surface area contributed by atoms with Crippen LogP contribution >= 0.6 is 11.6 Å². The minimum atomic E-state index is -0.170. The van der Waals surface area contributed by atoms with Gasteiger partial charge in [0.25, 0.3) is 5.91 Å². The summed E-state index contributed by atoms with van der Waals surface area (Å²) in [7, 11) is 1.57. The van der Waals surface area contributed by atoms with E-state index >= 15 is 0 Å². The third kappa shape index (κ3) is 7.83. The molecular weight excluding hydrogens is 404 g/mol. The molecule has 0 saturated carbocycles. The van der Waals surface area contributed by atoms with E-state index in [9.17, 15) is 4.79 Å². The molecule has 0 fully saturated rings. The van der Waals surface area contributed by atoms with Crippen molar-refractivity contribution in [3.8, 4) is 11.5 Å². The number of ether oxygens (including phenoxy) is 2. The van der Waals surface area contributed by atoms with Crippen molar-refractivity contribution in [1.82, 2.24) is 16.0 Å². The summed E-state index contributed by atoms with van der Waals surface area (Å²) in [6.07, 6.45) is 0. The van der Waals surface area contributed by atoms with Gasteiger partial charge in [-0.2, -0.15) is 0 Å². The maximum absolute atomic E-state index is 11.6. The van der Waals surface area contributed by atoms with Gasteiger partial charge in [-0.1, -0.05) is 29.8 Å². The van der Waals surface area contributed by atoms with Crippen molar-refractivity contribution in [2.45, 2.75) is 26.9 Å². The van der Waals surface area contributed by atoms with Crippen molar-refractivity contribution in [2.24, 2.45) is 4.99 Å². The van der Waals surface area contributed by atoms with Crippen LogP contribution in [0.1, 0.15) is 25.0 Å². The zero-order valence-electron chi connectivity index (χ0n) is 17.6. The molecule has 8 heteroatoms. The largest absolute Gasteiger partial charge is 0.493 e. The second-order valence-corrected chi connectivity index (χ2v) is 6.84. The monoisotopic (exact) mass is 432 g/mol. The Morgan fingerprint density at radius 2 is 1.80 bits per heavy atom. The summed E-state index contributed by atoms with van der Waals surface area (Å²) in [6.45, 7) is 6.21. The average molecular weight is 433 g/mol. The van der Waals surface area contributed by atoms with E-state index in [-0.39, 0.29) is 12.5 Å². The van der Waals surface area contributed by atoms with Gasteiger partial charge in [0.2, 0.25) is 0 Å². The zero-order chi connectivity index (χ0) is 21.8. The molecule has 0 atom stereocenters. The Kier molecular flexibility index (Phi) is 9.80. The maximum Gasteiger partial charge on any atom is 0.257 e. The lowest BCUT2D eigenvalue weighted by Gasteiger charge is -2.14. The molecule has 2 rings (SSSR count). The molecule has 0 aliphatic carbocycles. The Hall–Kier alpha value is -2.93. The standard InChI is InChI=1S/C22H29ClN4O3/c1-4-24-21(28)15-30-19-10-9-17(12-20(19)29-3)14-27-22(25-5-2)26-13-16-7-6-8-18(23)11-16/h6-12H,4-5,13-15H2,1-3H3,(H,24,28)(H2,25,26,27). The van der Waals surface area contributed by atoms with E-state index < -0.39 is 0 Å². The lowest BCUT2D eigenvalue weighted by molar-refractivity contribution is -0.123. The number of carbonyl (C=O) groups is 1. The van der Waals surface area contributed by atoms with E-state index in [2.05, 4.69) is 20.9 Å². The number of hydrogen-bond acceptors (Lipinski definition) is 4. The lowest BCUT2D eigenvalue weighted by atomic mass is 10.2. The number of hydrogen-bond donors (Lipinski definition) is 3. The third-order valence-corrected chi connectivity index (χ3v) is 4.31. The van der Waals surface area contributed by atoms with E-state index in [1.54, 1.807) is 13.2 Å². The molecule has 0 aliphatic rings. The summed E-state index contributed by atoms with van der Waals surface area (Å²) in [4.78, 5) is 16.2. The van der Waals surface area contributed by atoms with Crippen LogP contribution in [-0.4, -0.2) is 38.7 Å². The maximum atomic E-state index is 11.6. The number of carbonyl (C=O) groups excluding carboxylic acids is 1. The molecule has 30 heavy (non-hydrogen) atoms. The molecule has 0 saturated heterocycles. The molecule has 0 spiro atoms. The molecule has 162 valence electrons. The van der Waals surface area contributed by atoms with Gasteiger partial charge >= 0.3 is 0 Å². The van der Waals surface area contributed by atoms with Gasteiger partial charge in [0, 0.05) is 24.7 Å². The number of aliphatic imine (C=N–C) groups is 1. The van der Waals surface area contributed by atoms with Gasteiger partial charge in [-0.05, 0) is 49.2 Å². The van der Waals surface area contributed by atoms with Crippen molar-refractivity contribution < 1.29 is 14.3 Å². The molecule has 1 amide bonds. The summed E-state index contributed by atoms with van der Waals surface area (Å²) >= 11 is 6.04. The highest BCUT2D eigenvalue weighted by Gasteiger charge is 2.09. The fourth-order valence-electron chi connectivity index (χ4n) is 2.67. The number of benzene rings is 2. The predicted molar refractivity (Wildman–Crippen MR) is 120 cm³/mol. The molecule has 7 nitrogen and oxygen atoms in total. The number of halogens is 1. The quantitative estimate of drug-likeness (QED) is 0.397. The van der Waals surface area contributed by atoms with Gasteiger partial charge in [0.15, 0.2) is 24.1 Å². The van der Waals surface area contributed by atoms with Crippen molar-refractivity contribution in [3.63, 3.8) is 0 Å². The Morgan fingerprint density at radius 1 is 1.00 bits per heavy atom. The second kappa shape index (κ2) is 12.6. The Balaban J connectivity index is 1.99. The van der Waals surface area contributed by atoms with Gasteiger partial charge in [-0.25, -0.2) is 4.99 Å². The third-order valence-electron chi connectivity index (χ3n) is 4.07. The normalized spacial score (nSPS) is 11.0. The first kappa shape index (κ1) is 23.3. The predicted octanol–water partition coefficient (Wildman–Crippen LogP) is 3.12. The molecule has 0 aromatic heterocycles. The second-order valence-electron chi connectivity index (χ2n) is 6.41. The highest BCUT2D eigenvalue weighted by atomic mass is 35.5. The topological polar surface area (TPSA) is 84.0 Å². The molecule has 0 heterocycles. The Labute approximate surface area is 182 Å². The highest BCUT2D eigenvalue weighted by Crippen LogP contribution is 2.28. The van der Waals surface area contributed by atoms with Crippen LogP contribution < -0.4 is 25.4 Å². The number of amides is 1. The molecular formula is C22H29ClN4O3. The molecule has 0 aliphatic heterocycles. The number of nitrogens with one attached hydrogen (secondary N) is 3. The van der Waals surface area contributed by atoms with Crippen LogP contribution in [0.4, 0.5) is 0 Å². The fourth-order valence-corrected chi connectivity index (χ4v) is 2.88. The first-order valence-corrected chi connectivity index (χ1v) is 10.3. The van der Waals surface area contributed by atoms with Crippen molar-refractivity contribution in [2.75, 3.05) is 26.8 Å². The van der Waals surface area contributed by atoms with Crippen LogP contribution in [0, 0.1) is 0 Å². The SMILES string of the molecule is CCNC(=O)COc1ccc(CNC(=NCc2cccc(Cl)c2)NCC)cc1OC.